The standard InChI is InChI=1S/C23H33N3O3/c1-15(13-25(3)4)11-18-12-17-7-8-19(23(29)21(17)22(28)16(18)2)24-20(27)14-26-9-5-6-10-26/h7-8,15,18,29H,2,5-6,9-14H2,1,3-4H3,(H,24,27)/t15-,18+/m0/s1. The molecular weight excluding hydrogens is 366 g/mol. The van der Waals surface area contributed by atoms with Crippen LogP contribution in [-0.2, 0) is 11.2 Å². The van der Waals surface area contributed by atoms with Crippen LogP contribution in [0.25, 0.3) is 0 Å². The van der Waals surface area contributed by atoms with Crippen molar-refractivity contribution in [3.8, 4) is 5.75 Å². The molecule has 1 aliphatic carbocycles. The third-order valence-corrected chi connectivity index (χ3v) is 5.95. The maximum Gasteiger partial charge on any atom is 0.238 e. The first-order valence-corrected chi connectivity index (χ1v) is 10.5. The first-order valence-electron chi connectivity index (χ1n) is 10.5. The molecule has 0 saturated carbocycles. The summed E-state index contributed by atoms with van der Waals surface area (Å²) < 4.78 is 0. The van der Waals surface area contributed by atoms with Gasteiger partial charge in [0.15, 0.2) is 11.5 Å². The Bertz CT molecular complexity index is 797. The fraction of sp³-hybridized carbons (Fsp3) is 0.565. The highest BCUT2D eigenvalue weighted by Gasteiger charge is 2.33. The first-order chi connectivity index (χ1) is 13.8. The number of nitrogens with one attached hydrogen (secondary N) is 1. The number of fused-ring (bicyclic) bond motifs is 1. The van der Waals surface area contributed by atoms with Crippen LogP contribution in [0.1, 0.15) is 42.1 Å². The summed E-state index contributed by atoms with van der Waals surface area (Å²) in [7, 11) is 4.09. The molecule has 1 fully saturated rings. The first kappa shape index (κ1) is 21.5. The smallest absolute Gasteiger partial charge is 0.238 e. The molecule has 0 spiro atoms. The van der Waals surface area contributed by atoms with Crippen molar-refractivity contribution >= 4 is 17.4 Å². The van der Waals surface area contributed by atoms with Gasteiger partial charge in [0.2, 0.25) is 5.91 Å². The molecule has 29 heavy (non-hydrogen) atoms. The van der Waals surface area contributed by atoms with E-state index in [-0.39, 0.29) is 23.4 Å². The lowest BCUT2D eigenvalue weighted by atomic mass is 9.75. The zero-order valence-corrected chi connectivity index (χ0v) is 17.8. The second-order valence-corrected chi connectivity index (χ2v) is 8.89. The Morgan fingerprint density at radius 2 is 2.03 bits per heavy atom. The number of benzene rings is 1. The van der Waals surface area contributed by atoms with Crippen molar-refractivity contribution in [2.24, 2.45) is 11.8 Å². The topological polar surface area (TPSA) is 72.9 Å². The summed E-state index contributed by atoms with van der Waals surface area (Å²) in [5.74, 6) is 0.0167. The van der Waals surface area contributed by atoms with Crippen molar-refractivity contribution in [2.45, 2.75) is 32.6 Å². The van der Waals surface area contributed by atoms with E-state index in [1.807, 2.05) is 20.2 Å². The molecule has 1 saturated heterocycles. The quantitative estimate of drug-likeness (QED) is 0.545. The Kier molecular flexibility index (Phi) is 6.75. The average Bonchev–Trinajstić information content (AvgIpc) is 3.13. The molecule has 6 heteroatoms. The molecule has 2 N–H and O–H groups in total. The van der Waals surface area contributed by atoms with E-state index in [2.05, 4.69) is 28.6 Å². The van der Waals surface area contributed by atoms with Crippen LogP contribution in [0.15, 0.2) is 24.3 Å². The van der Waals surface area contributed by atoms with Gasteiger partial charge in [0.05, 0.1) is 17.8 Å². The zero-order chi connectivity index (χ0) is 21.1. The van der Waals surface area contributed by atoms with Gasteiger partial charge in [0.1, 0.15) is 0 Å². The number of aromatic hydroxyl groups is 1. The molecule has 3 rings (SSSR count). The lowest BCUT2D eigenvalue weighted by molar-refractivity contribution is -0.117. The zero-order valence-electron chi connectivity index (χ0n) is 17.8. The van der Waals surface area contributed by atoms with Gasteiger partial charge in [-0.25, -0.2) is 0 Å². The lowest BCUT2D eigenvalue weighted by Gasteiger charge is -2.29. The molecule has 158 valence electrons. The van der Waals surface area contributed by atoms with Crippen molar-refractivity contribution in [1.29, 1.82) is 0 Å². The largest absolute Gasteiger partial charge is 0.505 e. The fourth-order valence-corrected chi connectivity index (χ4v) is 4.63. The number of ketones is 1. The summed E-state index contributed by atoms with van der Waals surface area (Å²) in [5.41, 5.74) is 1.98. The third-order valence-electron chi connectivity index (χ3n) is 5.95. The van der Waals surface area contributed by atoms with Crippen LogP contribution in [0.5, 0.6) is 5.75 Å². The van der Waals surface area contributed by atoms with Crippen molar-refractivity contribution in [1.82, 2.24) is 9.80 Å². The fourth-order valence-electron chi connectivity index (χ4n) is 4.63. The Hall–Kier alpha value is -2.18. The Labute approximate surface area is 173 Å². The normalized spacial score (nSPS) is 20.8. The van der Waals surface area contributed by atoms with Crippen LogP contribution in [0, 0.1) is 11.8 Å². The molecule has 1 heterocycles. The van der Waals surface area contributed by atoms with Gasteiger partial charge < -0.3 is 15.3 Å². The van der Waals surface area contributed by atoms with E-state index in [1.165, 1.54) is 0 Å². The Balaban J connectivity index is 1.73. The van der Waals surface area contributed by atoms with Crippen LogP contribution in [0.2, 0.25) is 0 Å². The van der Waals surface area contributed by atoms with Gasteiger partial charge in [-0.3, -0.25) is 14.5 Å². The summed E-state index contributed by atoms with van der Waals surface area (Å²) >= 11 is 0. The third kappa shape index (κ3) is 5.06. The number of Topliss-reactive ketones (excluding diaryl/α,β-unsaturated/α-hetero) is 1. The number of hydrogen-bond donors (Lipinski definition) is 2. The molecule has 0 unspecified atom stereocenters. The molecule has 0 aromatic heterocycles. The number of allylic oxidation sites excluding steroid dienone is 1. The highest BCUT2D eigenvalue weighted by molar-refractivity contribution is 6.14. The highest BCUT2D eigenvalue weighted by atomic mass is 16.3. The van der Waals surface area contributed by atoms with Crippen LogP contribution in [-0.4, -0.2) is 66.9 Å². The molecule has 1 amide bonds. The highest BCUT2D eigenvalue weighted by Crippen LogP contribution is 2.40. The second kappa shape index (κ2) is 9.09. The van der Waals surface area contributed by atoms with Crippen LogP contribution in [0.3, 0.4) is 0 Å². The van der Waals surface area contributed by atoms with Gasteiger partial charge >= 0.3 is 0 Å². The van der Waals surface area contributed by atoms with Gasteiger partial charge in [-0.1, -0.05) is 19.6 Å². The number of anilines is 1. The molecule has 1 aromatic rings. The van der Waals surface area contributed by atoms with Gasteiger partial charge in [-0.2, -0.15) is 0 Å². The van der Waals surface area contributed by atoms with E-state index >= 15 is 0 Å². The van der Waals surface area contributed by atoms with Crippen LogP contribution >= 0.6 is 0 Å². The number of carbonyl (C=O) groups is 2. The Morgan fingerprint density at radius 3 is 2.69 bits per heavy atom. The van der Waals surface area contributed by atoms with Crippen molar-refractivity contribution in [2.75, 3.05) is 45.6 Å². The minimum Gasteiger partial charge on any atom is -0.505 e. The molecular formula is C23H33N3O3. The minimum atomic E-state index is -0.207. The van der Waals surface area contributed by atoms with E-state index in [9.17, 15) is 14.7 Å². The van der Waals surface area contributed by atoms with Gasteiger partial charge in [0.25, 0.3) is 0 Å². The van der Waals surface area contributed by atoms with Gasteiger partial charge in [-0.15, -0.1) is 0 Å². The minimum absolute atomic E-state index is 0.0833. The van der Waals surface area contributed by atoms with E-state index in [1.54, 1.807) is 6.07 Å². The number of phenolic OH excluding ortho intramolecular Hbond substituents is 1. The van der Waals surface area contributed by atoms with Crippen molar-refractivity contribution < 1.29 is 14.7 Å². The van der Waals surface area contributed by atoms with Crippen molar-refractivity contribution in [3.05, 3.63) is 35.4 Å². The van der Waals surface area contributed by atoms with Gasteiger partial charge in [0, 0.05) is 6.54 Å². The molecule has 2 aliphatic rings. The summed E-state index contributed by atoms with van der Waals surface area (Å²) in [6.07, 6.45) is 3.80. The maximum atomic E-state index is 13.0. The second-order valence-electron chi connectivity index (χ2n) is 8.89. The number of nitrogens with zero attached hydrogens (tertiary/aromatic N) is 2. The molecule has 0 radical (unpaired) electrons. The van der Waals surface area contributed by atoms with E-state index in [0.717, 1.165) is 44.5 Å². The van der Waals surface area contributed by atoms with Crippen LogP contribution < -0.4 is 5.32 Å². The monoisotopic (exact) mass is 399 g/mol. The van der Waals surface area contributed by atoms with E-state index < -0.39 is 0 Å². The molecule has 0 bridgehead atoms. The number of likely N-dealkylation sites (tertiary alicyclic amines) is 1. The van der Waals surface area contributed by atoms with E-state index in [0.29, 0.717) is 35.7 Å². The number of rotatable bonds is 7. The predicted octanol–water partition coefficient (Wildman–Crippen LogP) is 2.93. The SMILES string of the molecule is C=C1C(=O)c2c(ccc(NC(=O)CN3CCCC3)c2O)C[C@H]1C[C@H](C)CN(C)C. The van der Waals surface area contributed by atoms with Gasteiger partial charge in [-0.05, 0) is 81.9 Å². The maximum absolute atomic E-state index is 13.0. The van der Waals surface area contributed by atoms with Crippen LogP contribution in [0.4, 0.5) is 5.69 Å². The Morgan fingerprint density at radius 1 is 1.34 bits per heavy atom. The number of amides is 1. The predicted molar refractivity (Wildman–Crippen MR) is 115 cm³/mol. The summed E-state index contributed by atoms with van der Waals surface area (Å²) in [6.45, 7) is 9.34. The molecule has 1 aliphatic heterocycles. The van der Waals surface area contributed by atoms with Crippen molar-refractivity contribution in [3.63, 3.8) is 0 Å². The number of carbonyl (C=O) groups excluding carboxylic acids is 2. The summed E-state index contributed by atoms with van der Waals surface area (Å²) in [6, 6.07) is 3.56. The number of hydrogen-bond acceptors (Lipinski definition) is 5. The lowest BCUT2D eigenvalue weighted by Crippen LogP contribution is -2.31. The molecule has 6 nitrogen and oxygen atoms in total. The van der Waals surface area contributed by atoms with E-state index in [4.69, 9.17) is 0 Å². The summed E-state index contributed by atoms with van der Waals surface area (Å²) in [4.78, 5) is 29.5. The number of phenols is 1. The summed E-state index contributed by atoms with van der Waals surface area (Å²) in [5, 5.41) is 13.5. The molecule has 2 atom stereocenters. The average molecular weight is 400 g/mol. The molecule has 1 aromatic carbocycles.